The lowest BCUT2D eigenvalue weighted by molar-refractivity contribution is -0.131. The minimum atomic E-state index is -0.789. The van der Waals surface area contributed by atoms with E-state index in [1.54, 1.807) is 18.2 Å². The van der Waals surface area contributed by atoms with Crippen LogP contribution in [0, 0.1) is 5.41 Å². The van der Waals surface area contributed by atoms with Gasteiger partial charge in [0.15, 0.2) is 0 Å². The average Bonchev–Trinajstić information content (AvgIpc) is 3.26. The Morgan fingerprint density at radius 3 is 2.72 bits per heavy atom. The van der Waals surface area contributed by atoms with E-state index >= 15 is 0 Å². The molecule has 2 aromatic carbocycles. The first-order valence-corrected chi connectivity index (χ1v) is 10.7. The fourth-order valence-corrected chi connectivity index (χ4v) is 4.43. The summed E-state index contributed by atoms with van der Waals surface area (Å²) < 4.78 is 5.25. The van der Waals surface area contributed by atoms with Crippen LogP contribution >= 0.6 is 0 Å². The molecule has 6 heteroatoms. The van der Waals surface area contributed by atoms with Gasteiger partial charge in [0.25, 0.3) is 0 Å². The largest absolute Gasteiger partial charge is 0.497 e. The van der Waals surface area contributed by atoms with Crippen molar-refractivity contribution < 1.29 is 14.3 Å². The molecule has 2 N–H and O–H groups in total. The second kappa shape index (κ2) is 9.22. The molecule has 164 valence electrons. The summed E-state index contributed by atoms with van der Waals surface area (Å²) in [5.74, 6) is 0.340. The fourth-order valence-electron chi connectivity index (χ4n) is 4.43. The SMILES string of the molecule is COc1cccc(CC(=O)N2CC[C@](Cc3ccccc3-c3cccnc3)(C(N)=O)C2)c1. The van der Waals surface area contributed by atoms with Crippen molar-refractivity contribution >= 4 is 11.8 Å². The third kappa shape index (κ3) is 4.49. The number of carbonyl (C=O) groups is 2. The molecular formula is C26H27N3O3. The van der Waals surface area contributed by atoms with Gasteiger partial charge in [-0.2, -0.15) is 0 Å². The van der Waals surface area contributed by atoms with E-state index in [0.717, 1.165) is 28.0 Å². The van der Waals surface area contributed by atoms with E-state index in [1.165, 1.54) is 0 Å². The molecule has 0 aliphatic carbocycles. The number of nitrogens with zero attached hydrogens (tertiary/aromatic N) is 2. The first kappa shape index (κ1) is 21.6. The number of nitrogens with two attached hydrogens (primary N) is 1. The van der Waals surface area contributed by atoms with Crippen LogP contribution in [-0.4, -0.2) is 41.9 Å². The molecule has 2 heterocycles. The number of primary amides is 1. The standard InChI is InChI=1S/C26H27N3O3/c1-32-22-9-4-6-19(14-22)15-24(30)29-13-11-26(18-29,25(27)31)16-20-7-2-3-10-23(20)21-8-5-12-28-17-21/h2-10,12,14,17H,11,13,15-16,18H2,1H3,(H2,27,31)/t26-/m1/s1. The van der Waals surface area contributed by atoms with Crippen molar-refractivity contribution in [2.45, 2.75) is 19.3 Å². The number of ether oxygens (including phenoxy) is 1. The minimum Gasteiger partial charge on any atom is -0.497 e. The molecule has 0 saturated carbocycles. The topological polar surface area (TPSA) is 85.5 Å². The quantitative estimate of drug-likeness (QED) is 0.625. The summed E-state index contributed by atoms with van der Waals surface area (Å²) in [6.45, 7) is 0.841. The average molecular weight is 430 g/mol. The van der Waals surface area contributed by atoms with Gasteiger partial charge in [-0.25, -0.2) is 0 Å². The van der Waals surface area contributed by atoms with Crippen LogP contribution in [0.2, 0.25) is 0 Å². The molecule has 1 fully saturated rings. The smallest absolute Gasteiger partial charge is 0.227 e. The van der Waals surface area contributed by atoms with Gasteiger partial charge in [0.2, 0.25) is 11.8 Å². The van der Waals surface area contributed by atoms with Crippen molar-refractivity contribution in [1.29, 1.82) is 0 Å². The van der Waals surface area contributed by atoms with E-state index in [-0.39, 0.29) is 18.2 Å². The lowest BCUT2D eigenvalue weighted by Crippen LogP contribution is -2.42. The molecule has 1 saturated heterocycles. The number of methoxy groups -OCH3 is 1. The molecule has 0 bridgehead atoms. The van der Waals surface area contributed by atoms with Crippen LogP contribution in [0.4, 0.5) is 0 Å². The Labute approximate surface area is 188 Å². The Hall–Kier alpha value is -3.67. The van der Waals surface area contributed by atoms with Crippen molar-refractivity contribution in [2.24, 2.45) is 11.1 Å². The molecule has 32 heavy (non-hydrogen) atoms. The van der Waals surface area contributed by atoms with Crippen molar-refractivity contribution in [3.63, 3.8) is 0 Å². The Morgan fingerprint density at radius 1 is 1.12 bits per heavy atom. The summed E-state index contributed by atoms with van der Waals surface area (Å²) in [5, 5.41) is 0. The van der Waals surface area contributed by atoms with Crippen LogP contribution < -0.4 is 10.5 Å². The monoisotopic (exact) mass is 429 g/mol. The second-order valence-electron chi connectivity index (χ2n) is 8.31. The molecule has 1 aliphatic rings. The van der Waals surface area contributed by atoms with E-state index in [1.807, 2.05) is 66.9 Å². The molecular weight excluding hydrogens is 402 g/mol. The maximum Gasteiger partial charge on any atom is 0.227 e. The van der Waals surface area contributed by atoms with E-state index in [9.17, 15) is 9.59 Å². The predicted octanol–water partition coefficient (Wildman–Crippen LogP) is 3.25. The van der Waals surface area contributed by atoms with Crippen molar-refractivity contribution in [3.05, 3.63) is 84.2 Å². The van der Waals surface area contributed by atoms with E-state index < -0.39 is 5.41 Å². The van der Waals surface area contributed by atoms with E-state index in [0.29, 0.717) is 25.9 Å². The molecule has 0 spiro atoms. The molecule has 6 nitrogen and oxygen atoms in total. The highest BCUT2D eigenvalue weighted by Crippen LogP contribution is 2.37. The van der Waals surface area contributed by atoms with Crippen LogP contribution in [0.3, 0.4) is 0 Å². The number of likely N-dealkylation sites (tertiary alicyclic amines) is 1. The van der Waals surface area contributed by atoms with Crippen molar-refractivity contribution in [1.82, 2.24) is 9.88 Å². The second-order valence-corrected chi connectivity index (χ2v) is 8.31. The summed E-state index contributed by atoms with van der Waals surface area (Å²) in [6, 6.07) is 19.4. The Bertz CT molecular complexity index is 1120. The summed E-state index contributed by atoms with van der Waals surface area (Å²) >= 11 is 0. The first-order valence-electron chi connectivity index (χ1n) is 10.7. The predicted molar refractivity (Wildman–Crippen MR) is 123 cm³/mol. The zero-order valence-electron chi connectivity index (χ0n) is 18.2. The molecule has 1 atom stereocenters. The molecule has 4 rings (SSSR count). The lowest BCUT2D eigenvalue weighted by atomic mass is 9.78. The number of amides is 2. The van der Waals surface area contributed by atoms with Crippen molar-refractivity contribution in [2.75, 3.05) is 20.2 Å². The van der Waals surface area contributed by atoms with Crippen molar-refractivity contribution in [3.8, 4) is 16.9 Å². The Kier molecular flexibility index (Phi) is 6.21. The van der Waals surface area contributed by atoms with Crippen LogP contribution in [0.1, 0.15) is 17.5 Å². The number of rotatable bonds is 7. The van der Waals surface area contributed by atoms with Gasteiger partial charge in [-0.1, -0.05) is 42.5 Å². The van der Waals surface area contributed by atoms with Gasteiger partial charge in [0, 0.05) is 31.0 Å². The third-order valence-corrected chi connectivity index (χ3v) is 6.24. The van der Waals surface area contributed by atoms with Gasteiger partial charge in [-0.05, 0) is 47.7 Å². The lowest BCUT2D eigenvalue weighted by Gasteiger charge is -2.27. The highest BCUT2D eigenvalue weighted by molar-refractivity contribution is 5.85. The number of benzene rings is 2. The number of hydrogen-bond acceptors (Lipinski definition) is 4. The molecule has 1 aromatic heterocycles. The summed E-state index contributed by atoms with van der Waals surface area (Å²) in [4.78, 5) is 31.6. The molecule has 1 aliphatic heterocycles. The summed E-state index contributed by atoms with van der Waals surface area (Å²) in [5.41, 5.74) is 9.06. The van der Waals surface area contributed by atoms with Crippen LogP contribution in [-0.2, 0) is 22.4 Å². The highest BCUT2D eigenvalue weighted by Gasteiger charge is 2.45. The highest BCUT2D eigenvalue weighted by atomic mass is 16.5. The van der Waals surface area contributed by atoms with Gasteiger partial charge in [0.05, 0.1) is 18.9 Å². The van der Waals surface area contributed by atoms with Gasteiger partial charge in [-0.3, -0.25) is 14.6 Å². The normalized spacial score (nSPS) is 17.8. The Balaban J connectivity index is 1.54. The molecule has 0 unspecified atom stereocenters. The minimum absolute atomic E-state index is 0.0121. The fraction of sp³-hybridized carbons (Fsp3) is 0.269. The van der Waals surface area contributed by atoms with Crippen LogP contribution in [0.15, 0.2) is 73.1 Å². The summed E-state index contributed by atoms with van der Waals surface area (Å²) in [7, 11) is 1.60. The van der Waals surface area contributed by atoms with Gasteiger partial charge < -0.3 is 15.4 Å². The molecule has 0 radical (unpaired) electrons. The number of hydrogen-bond donors (Lipinski definition) is 1. The third-order valence-electron chi connectivity index (χ3n) is 6.24. The van der Waals surface area contributed by atoms with Crippen LogP contribution in [0.5, 0.6) is 5.75 Å². The first-order chi connectivity index (χ1) is 15.5. The van der Waals surface area contributed by atoms with Gasteiger partial charge in [0.1, 0.15) is 5.75 Å². The zero-order chi connectivity index (χ0) is 22.6. The van der Waals surface area contributed by atoms with Gasteiger partial charge >= 0.3 is 0 Å². The number of pyridine rings is 1. The zero-order valence-corrected chi connectivity index (χ0v) is 18.2. The summed E-state index contributed by atoms with van der Waals surface area (Å²) in [6.07, 6.45) is 4.84. The molecule has 2 amide bonds. The van der Waals surface area contributed by atoms with E-state index in [4.69, 9.17) is 10.5 Å². The Morgan fingerprint density at radius 2 is 1.97 bits per heavy atom. The van der Waals surface area contributed by atoms with Gasteiger partial charge in [-0.15, -0.1) is 0 Å². The number of carbonyl (C=O) groups excluding carboxylic acids is 2. The maximum absolute atomic E-state index is 13.0. The van der Waals surface area contributed by atoms with Crippen LogP contribution in [0.25, 0.3) is 11.1 Å². The van der Waals surface area contributed by atoms with E-state index in [2.05, 4.69) is 4.98 Å². The molecule has 3 aromatic rings. The number of aromatic nitrogens is 1. The maximum atomic E-state index is 13.0.